The number of carbonyl (C=O) groups is 1. The zero-order valence-corrected chi connectivity index (χ0v) is 15.5. The number of hydrogen-bond acceptors (Lipinski definition) is 6. The van der Waals surface area contributed by atoms with Crippen LogP contribution in [0.1, 0.15) is 22.3 Å². The van der Waals surface area contributed by atoms with Crippen molar-refractivity contribution in [2.45, 2.75) is 23.3 Å². The minimum atomic E-state index is -0.0913. The maximum atomic E-state index is 12.1. The van der Waals surface area contributed by atoms with E-state index in [1.54, 1.807) is 16.3 Å². The first-order chi connectivity index (χ1) is 12.7. The summed E-state index contributed by atoms with van der Waals surface area (Å²) in [7, 11) is 0. The summed E-state index contributed by atoms with van der Waals surface area (Å²) in [6.45, 7) is 2.06. The van der Waals surface area contributed by atoms with Crippen LogP contribution >= 0.6 is 23.1 Å². The van der Waals surface area contributed by atoms with E-state index in [1.807, 2.05) is 47.8 Å². The summed E-state index contributed by atoms with van der Waals surface area (Å²) in [6, 6.07) is 13.4. The molecule has 4 aromatic rings. The third-order valence-electron chi connectivity index (χ3n) is 3.71. The fourth-order valence-electron chi connectivity index (χ4n) is 2.41. The maximum absolute atomic E-state index is 12.1. The molecule has 130 valence electrons. The molecule has 26 heavy (non-hydrogen) atoms. The van der Waals surface area contributed by atoms with Crippen molar-refractivity contribution < 1.29 is 4.79 Å². The highest BCUT2D eigenvalue weighted by atomic mass is 32.2. The monoisotopic (exact) mass is 381 g/mol. The van der Waals surface area contributed by atoms with E-state index in [4.69, 9.17) is 0 Å². The van der Waals surface area contributed by atoms with Crippen LogP contribution in [0.5, 0.6) is 0 Å². The van der Waals surface area contributed by atoms with E-state index in [2.05, 4.69) is 27.3 Å². The average molecular weight is 381 g/mol. The van der Waals surface area contributed by atoms with Gasteiger partial charge in [0, 0.05) is 16.3 Å². The Kier molecular flexibility index (Phi) is 4.68. The molecule has 8 heteroatoms. The minimum Gasteiger partial charge on any atom is -0.321 e. The van der Waals surface area contributed by atoms with Gasteiger partial charge in [0.2, 0.25) is 0 Å². The van der Waals surface area contributed by atoms with Crippen molar-refractivity contribution in [3.63, 3.8) is 0 Å². The Morgan fingerprint density at radius 1 is 1.27 bits per heavy atom. The van der Waals surface area contributed by atoms with Gasteiger partial charge in [-0.1, -0.05) is 24.8 Å². The van der Waals surface area contributed by atoms with Gasteiger partial charge in [0.05, 0.1) is 4.88 Å². The van der Waals surface area contributed by atoms with Gasteiger partial charge in [-0.15, -0.1) is 11.3 Å². The third kappa shape index (κ3) is 3.47. The van der Waals surface area contributed by atoms with E-state index >= 15 is 0 Å². The Balaban J connectivity index is 1.53. The van der Waals surface area contributed by atoms with Crippen molar-refractivity contribution in [1.29, 1.82) is 0 Å². The van der Waals surface area contributed by atoms with Gasteiger partial charge in [-0.05, 0) is 48.2 Å². The second kappa shape index (κ2) is 7.27. The van der Waals surface area contributed by atoms with Crippen molar-refractivity contribution in [3.8, 4) is 0 Å². The SMILES string of the molecule is CCc1cc(Sc2ccc(NC(=O)c3cccs3)cc2)n2ncnc2n1. The van der Waals surface area contributed by atoms with Gasteiger partial charge < -0.3 is 5.32 Å². The van der Waals surface area contributed by atoms with E-state index in [-0.39, 0.29) is 5.91 Å². The number of anilines is 1. The maximum Gasteiger partial charge on any atom is 0.265 e. The molecular weight excluding hydrogens is 366 g/mol. The summed E-state index contributed by atoms with van der Waals surface area (Å²) in [5, 5.41) is 9.99. The van der Waals surface area contributed by atoms with Crippen LogP contribution < -0.4 is 5.32 Å². The molecule has 0 aliphatic rings. The van der Waals surface area contributed by atoms with Crippen LogP contribution in [-0.2, 0) is 6.42 Å². The Morgan fingerprint density at radius 3 is 2.85 bits per heavy atom. The molecule has 1 N–H and O–H groups in total. The van der Waals surface area contributed by atoms with Gasteiger partial charge in [0.1, 0.15) is 11.4 Å². The summed E-state index contributed by atoms with van der Waals surface area (Å²) in [5.74, 6) is 0.512. The Morgan fingerprint density at radius 2 is 2.12 bits per heavy atom. The zero-order valence-electron chi connectivity index (χ0n) is 13.9. The molecule has 0 saturated carbocycles. The molecule has 0 fully saturated rings. The number of hydrogen-bond donors (Lipinski definition) is 1. The summed E-state index contributed by atoms with van der Waals surface area (Å²) in [5.41, 5.74) is 1.75. The summed E-state index contributed by atoms with van der Waals surface area (Å²) >= 11 is 3.01. The first kappa shape index (κ1) is 16.7. The summed E-state index contributed by atoms with van der Waals surface area (Å²) in [4.78, 5) is 22.5. The molecule has 3 aromatic heterocycles. The van der Waals surface area contributed by atoms with Gasteiger partial charge in [-0.25, -0.2) is 4.98 Å². The number of benzene rings is 1. The number of nitrogens with zero attached hydrogens (tertiary/aromatic N) is 4. The van der Waals surface area contributed by atoms with Gasteiger partial charge in [-0.3, -0.25) is 4.79 Å². The van der Waals surface area contributed by atoms with Gasteiger partial charge in [0.25, 0.3) is 11.7 Å². The van der Waals surface area contributed by atoms with Crippen molar-refractivity contribution >= 4 is 40.5 Å². The molecule has 3 heterocycles. The van der Waals surface area contributed by atoms with E-state index < -0.39 is 0 Å². The van der Waals surface area contributed by atoms with Crippen LogP contribution in [0.3, 0.4) is 0 Å². The lowest BCUT2D eigenvalue weighted by Crippen LogP contribution is -2.09. The number of carbonyl (C=O) groups excluding carboxylic acids is 1. The van der Waals surface area contributed by atoms with Crippen molar-refractivity contribution in [2.75, 3.05) is 5.32 Å². The quantitative estimate of drug-likeness (QED) is 0.526. The number of aromatic nitrogens is 4. The highest BCUT2D eigenvalue weighted by molar-refractivity contribution is 7.99. The first-order valence-corrected chi connectivity index (χ1v) is 9.75. The fourth-order valence-corrected chi connectivity index (χ4v) is 3.96. The molecule has 4 rings (SSSR count). The van der Waals surface area contributed by atoms with Gasteiger partial charge in [0.15, 0.2) is 0 Å². The largest absolute Gasteiger partial charge is 0.321 e. The fraction of sp³-hybridized carbons (Fsp3) is 0.111. The van der Waals surface area contributed by atoms with Crippen LogP contribution in [0.4, 0.5) is 5.69 Å². The molecule has 0 atom stereocenters. The van der Waals surface area contributed by atoms with Crippen LogP contribution in [0.25, 0.3) is 5.78 Å². The third-order valence-corrected chi connectivity index (χ3v) is 5.59. The number of thiophene rings is 1. The van der Waals surface area contributed by atoms with Crippen LogP contribution in [0.2, 0.25) is 0 Å². The molecular formula is C18H15N5OS2. The van der Waals surface area contributed by atoms with E-state index in [0.717, 1.165) is 27.7 Å². The molecule has 0 saturated heterocycles. The van der Waals surface area contributed by atoms with Crippen LogP contribution in [0, 0.1) is 0 Å². The van der Waals surface area contributed by atoms with Crippen molar-refractivity contribution in [2.24, 2.45) is 0 Å². The van der Waals surface area contributed by atoms with Crippen molar-refractivity contribution in [1.82, 2.24) is 19.6 Å². The number of fused-ring (bicyclic) bond motifs is 1. The predicted octanol–water partition coefficient (Wildman–Crippen LogP) is 4.15. The molecule has 0 radical (unpaired) electrons. The summed E-state index contributed by atoms with van der Waals surface area (Å²) in [6.07, 6.45) is 2.35. The van der Waals surface area contributed by atoms with Crippen LogP contribution in [0.15, 0.2) is 64.1 Å². The van der Waals surface area contributed by atoms with Crippen LogP contribution in [-0.4, -0.2) is 25.5 Å². The molecule has 0 unspecified atom stereocenters. The van der Waals surface area contributed by atoms with Crippen molar-refractivity contribution in [3.05, 3.63) is 64.7 Å². The Labute approximate surface area is 158 Å². The molecule has 1 amide bonds. The average Bonchev–Trinajstić information content (AvgIpc) is 3.35. The van der Waals surface area contributed by atoms with Gasteiger partial charge in [-0.2, -0.15) is 14.6 Å². The highest BCUT2D eigenvalue weighted by Crippen LogP contribution is 2.29. The standard InChI is InChI=1S/C18H15N5OS2/c1-2-12-10-16(23-18(22-12)19-11-20-23)26-14-7-5-13(6-8-14)21-17(24)15-4-3-9-25-15/h3-11H,2H2,1H3,(H,21,24). The molecule has 0 aliphatic carbocycles. The zero-order chi connectivity index (χ0) is 17.9. The predicted molar refractivity (Wildman–Crippen MR) is 103 cm³/mol. The second-order valence-electron chi connectivity index (χ2n) is 5.47. The number of amides is 1. The lowest BCUT2D eigenvalue weighted by atomic mass is 10.3. The topological polar surface area (TPSA) is 72.2 Å². The number of nitrogens with one attached hydrogen (secondary N) is 1. The molecule has 0 aliphatic heterocycles. The number of rotatable bonds is 5. The minimum absolute atomic E-state index is 0.0913. The number of aryl methyl sites for hydroxylation is 1. The van der Waals surface area contributed by atoms with E-state index in [1.165, 1.54) is 17.7 Å². The van der Waals surface area contributed by atoms with Gasteiger partial charge >= 0.3 is 0 Å². The smallest absolute Gasteiger partial charge is 0.265 e. The molecule has 6 nitrogen and oxygen atoms in total. The molecule has 1 aromatic carbocycles. The molecule has 0 spiro atoms. The van der Waals surface area contributed by atoms with E-state index in [9.17, 15) is 4.79 Å². The molecule has 0 bridgehead atoms. The highest BCUT2D eigenvalue weighted by Gasteiger charge is 2.10. The Bertz CT molecular complexity index is 1040. The normalized spacial score (nSPS) is 11.0. The van der Waals surface area contributed by atoms with E-state index in [0.29, 0.717) is 10.7 Å². The summed E-state index contributed by atoms with van der Waals surface area (Å²) < 4.78 is 1.73. The second-order valence-corrected chi connectivity index (χ2v) is 7.51. The lowest BCUT2D eigenvalue weighted by Gasteiger charge is -2.07. The first-order valence-electron chi connectivity index (χ1n) is 8.05. The lowest BCUT2D eigenvalue weighted by molar-refractivity contribution is 0.103. The Hall–Kier alpha value is -2.71.